The van der Waals surface area contributed by atoms with E-state index in [2.05, 4.69) is 11.6 Å². The van der Waals surface area contributed by atoms with Gasteiger partial charge >= 0.3 is 7.82 Å². The molecule has 0 rings (SSSR count). The van der Waals surface area contributed by atoms with Crippen LogP contribution in [0.1, 0.15) is 77.6 Å². The van der Waals surface area contributed by atoms with Crippen molar-refractivity contribution in [2.24, 2.45) is 0 Å². The van der Waals surface area contributed by atoms with E-state index in [0.29, 0.717) is 12.3 Å². The molecule has 0 saturated heterocycles. The lowest BCUT2D eigenvalue weighted by molar-refractivity contribution is -0.166. The maximum atomic E-state index is 11.8. The molecule has 0 radical (unpaired) electrons. The first-order valence-corrected chi connectivity index (χ1v) is 10.5. The van der Waals surface area contributed by atoms with Gasteiger partial charge in [-0.2, -0.15) is 0 Å². The molecular weight excluding hydrogens is 327 g/mol. The van der Waals surface area contributed by atoms with Gasteiger partial charge in [0, 0.05) is 5.88 Å². The standard InChI is InChI=1S/C15H32ClO5P/c1-2-3-4-5-6-7-8-9-10-11-14-19-22(18,21-17)20-15-12-13-16/h17H,2-15H2,1H3. The van der Waals surface area contributed by atoms with E-state index in [-0.39, 0.29) is 13.2 Å². The van der Waals surface area contributed by atoms with Crippen molar-refractivity contribution in [3.63, 3.8) is 0 Å². The fraction of sp³-hybridized carbons (Fsp3) is 1.00. The van der Waals surface area contributed by atoms with E-state index in [1.807, 2.05) is 0 Å². The molecule has 0 aromatic heterocycles. The van der Waals surface area contributed by atoms with Crippen molar-refractivity contribution in [3.8, 4) is 0 Å². The second-order valence-electron chi connectivity index (χ2n) is 5.42. The lowest BCUT2D eigenvalue weighted by Gasteiger charge is -2.13. The zero-order chi connectivity index (χ0) is 16.5. The van der Waals surface area contributed by atoms with E-state index >= 15 is 0 Å². The normalized spacial score (nSPS) is 14.1. The van der Waals surface area contributed by atoms with Crippen LogP contribution in [0.3, 0.4) is 0 Å². The largest absolute Gasteiger partial charge is 0.501 e. The summed E-state index contributed by atoms with van der Waals surface area (Å²) in [4.78, 5) is 0. The number of alkyl halides is 1. The van der Waals surface area contributed by atoms with Gasteiger partial charge in [-0.1, -0.05) is 64.7 Å². The molecule has 0 aliphatic rings. The summed E-state index contributed by atoms with van der Waals surface area (Å²) in [6.07, 6.45) is 12.6. The highest BCUT2D eigenvalue weighted by Gasteiger charge is 2.26. The lowest BCUT2D eigenvalue weighted by atomic mass is 10.1. The van der Waals surface area contributed by atoms with Gasteiger partial charge in [0.05, 0.1) is 13.2 Å². The van der Waals surface area contributed by atoms with Crippen LogP contribution >= 0.6 is 19.4 Å². The molecule has 0 heterocycles. The van der Waals surface area contributed by atoms with Crippen LogP contribution in [0.25, 0.3) is 0 Å². The van der Waals surface area contributed by atoms with E-state index in [1.54, 1.807) is 0 Å². The third-order valence-electron chi connectivity index (χ3n) is 3.37. The van der Waals surface area contributed by atoms with Gasteiger partial charge in [-0.3, -0.25) is 9.05 Å². The van der Waals surface area contributed by atoms with Gasteiger partial charge in [-0.25, -0.2) is 9.82 Å². The molecule has 0 aromatic rings. The second kappa shape index (κ2) is 16.2. The summed E-state index contributed by atoms with van der Waals surface area (Å²) in [6.45, 7) is 2.63. The fourth-order valence-electron chi connectivity index (χ4n) is 2.08. The first kappa shape index (κ1) is 22.4. The molecule has 0 bridgehead atoms. The Balaban J connectivity index is 3.41. The van der Waals surface area contributed by atoms with E-state index in [9.17, 15) is 4.57 Å². The summed E-state index contributed by atoms with van der Waals surface area (Å²) in [5.74, 6) is 0.393. The number of hydrogen-bond acceptors (Lipinski definition) is 5. The average Bonchev–Trinajstić information content (AvgIpc) is 2.53. The molecule has 0 amide bonds. The van der Waals surface area contributed by atoms with Crippen molar-refractivity contribution >= 4 is 19.4 Å². The minimum absolute atomic E-state index is 0.138. The van der Waals surface area contributed by atoms with Crippen LogP contribution in [0.2, 0.25) is 0 Å². The highest BCUT2D eigenvalue weighted by atomic mass is 35.5. The third-order valence-corrected chi connectivity index (χ3v) is 4.84. The number of unbranched alkanes of at least 4 members (excludes halogenated alkanes) is 9. The molecule has 0 saturated carbocycles. The van der Waals surface area contributed by atoms with Crippen LogP contribution in [0, 0.1) is 0 Å². The molecule has 1 atom stereocenters. The monoisotopic (exact) mass is 358 g/mol. The van der Waals surface area contributed by atoms with Crippen molar-refractivity contribution < 1.29 is 23.5 Å². The van der Waals surface area contributed by atoms with Gasteiger partial charge < -0.3 is 0 Å². The maximum absolute atomic E-state index is 11.8. The minimum Gasteiger partial charge on any atom is -0.285 e. The van der Waals surface area contributed by atoms with Crippen LogP contribution in [0.4, 0.5) is 0 Å². The highest BCUT2D eigenvalue weighted by molar-refractivity contribution is 7.48. The topological polar surface area (TPSA) is 65.0 Å². The Morgan fingerprint density at radius 3 is 1.73 bits per heavy atom. The van der Waals surface area contributed by atoms with Gasteiger partial charge in [-0.05, 0) is 12.8 Å². The predicted octanol–water partition coefficient (Wildman–Crippen LogP) is 6.17. The van der Waals surface area contributed by atoms with Gasteiger partial charge in [-0.15, -0.1) is 16.3 Å². The molecule has 0 spiro atoms. The van der Waals surface area contributed by atoms with Crippen LogP contribution in [-0.2, 0) is 18.3 Å². The number of phosphoric acid groups is 1. The Kier molecular flexibility index (Phi) is 16.5. The summed E-state index contributed by atoms with van der Waals surface area (Å²) >= 11 is 5.48. The van der Waals surface area contributed by atoms with Gasteiger partial charge in [0.15, 0.2) is 0 Å². The Hall–Kier alpha value is 0.360. The molecule has 5 nitrogen and oxygen atoms in total. The van der Waals surface area contributed by atoms with Crippen molar-refractivity contribution in [3.05, 3.63) is 0 Å². The van der Waals surface area contributed by atoms with Crippen LogP contribution in [0.15, 0.2) is 0 Å². The molecule has 134 valence electrons. The smallest absolute Gasteiger partial charge is 0.285 e. The SMILES string of the molecule is CCCCCCCCCCCCOP(=O)(OO)OCCCCl. The summed E-state index contributed by atoms with van der Waals surface area (Å²) in [5.41, 5.74) is 0. The Bertz CT molecular complexity index is 279. The van der Waals surface area contributed by atoms with E-state index in [0.717, 1.165) is 19.3 Å². The summed E-state index contributed by atoms with van der Waals surface area (Å²) < 4.78 is 25.5. The molecule has 0 aliphatic heterocycles. The second-order valence-corrected chi connectivity index (χ2v) is 7.37. The Morgan fingerprint density at radius 2 is 1.27 bits per heavy atom. The third kappa shape index (κ3) is 14.0. The van der Waals surface area contributed by atoms with Gasteiger partial charge in [0.2, 0.25) is 0 Å². The number of hydrogen-bond donors (Lipinski definition) is 1. The van der Waals surface area contributed by atoms with Crippen LogP contribution in [-0.4, -0.2) is 24.4 Å². The zero-order valence-electron chi connectivity index (χ0n) is 13.8. The predicted molar refractivity (Wildman–Crippen MR) is 90.4 cm³/mol. The molecule has 0 aliphatic carbocycles. The molecule has 0 aromatic carbocycles. The molecule has 7 heteroatoms. The quantitative estimate of drug-likeness (QED) is 0.111. The van der Waals surface area contributed by atoms with Crippen LogP contribution < -0.4 is 0 Å². The highest BCUT2D eigenvalue weighted by Crippen LogP contribution is 2.48. The van der Waals surface area contributed by atoms with Crippen LogP contribution in [0.5, 0.6) is 0 Å². The summed E-state index contributed by atoms with van der Waals surface area (Å²) in [7, 11) is -3.81. The van der Waals surface area contributed by atoms with E-state index in [1.165, 1.54) is 44.9 Å². The van der Waals surface area contributed by atoms with Gasteiger partial charge in [0.25, 0.3) is 0 Å². The van der Waals surface area contributed by atoms with Gasteiger partial charge in [0.1, 0.15) is 0 Å². The zero-order valence-corrected chi connectivity index (χ0v) is 15.5. The summed E-state index contributed by atoms with van der Waals surface area (Å²) in [5, 5.41) is 8.60. The average molecular weight is 359 g/mol. The van der Waals surface area contributed by atoms with Crippen molar-refractivity contribution in [2.75, 3.05) is 19.1 Å². The molecule has 0 fully saturated rings. The van der Waals surface area contributed by atoms with E-state index < -0.39 is 7.82 Å². The van der Waals surface area contributed by atoms with Crippen molar-refractivity contribution in [1.82, 2.24) is 0 Å². The first-order valence-electron chi connectivity index (χ1n) is 8.46. The maximum Gasteiger partial charge on any atom is 0.501 e. The molecule has 1 unspecified atom stereocenters. The summed E-state index contributed by atoms with van der Waals surface area (Å²) in [6, 6.07) is 0. The molecule has 22 heavy (non-hydrogen) atoms. The number of rotatable bonds is 17. The first-order chi connectivity index (χ1) is 10.7. The number of halogens is 1. The van der Waals surface area contributed by atoms with E-state index in [4.69, 9.17) is 25.9 Å². The Labute approximate surface area is 140 Å². The lowest BCUT2D eigenvalue weighted by Crippen LogP contribution is -2.01. The fourth-order valence-corrected chi connectivity index (χ4v) is 3.06. The number of phosphoric ester groups is 1. The van der Waals surface area contributed by atoms with Crippen molar-refractivity contribution in [1.29, 1.82) is 0 Å². The molecular formula is C15H32ClO5P. The minimum atomic E-state index is -3.81. The molecule has 1 N–H and O–H groups in total. The Morgan fingerprint density at radius 1 is 0.818 bits per heavy atom. The van der Waals surface area contributed by atoms with Crippen molar-refractivity contribution in [2.45, 2.75) is 77.6 Å².